The summed E-state index contributed by atoms with van der Waals surface area (Å²) < 4.78 is 59.2. The summed E-state index contributed by atoms with van der Waals surface area (Å²) in [7, 11) is -5.32. The van der Waals surface area contributed by atoms with Crippen LogP contribution in [0.25, 0.3) is 0 Å². The summed E-state index contributed by atoms with van der Waals surface area (Å²) in [6, 6.07) is 4.36. The monoisotopic (exact) mass is 293 g/mol. The van der Waals surface area contributed by atoms with Gasteiger partial charge in [0.1, 0.15) is 0 Å². The number of hydrogen-bond acceptors (Lipinski definition) is 3. The summed E-state index contributed by atoms with van der Waals surface area (Å²) in [4.78, 5) is 10.1. The molecule has 1 aliphatic carbocycles. The Kier molecular flexibility index (Phi) is 3.08. The van der Waals surface area contributed by atoms with E-state index in [2.05, 4.69) is 0 Å². The van der Waals surface area contributed by atoms with Gasteiger partial charge in [0.05, 0.1) is 4.90 Å². The molecule has 1 aromatic rings. The summed E-state index contributed by atoms with van der Waals surface area (Å²) in [5, 5.41) is 0. The standard InChI is InChI=1S/C11H10F3NO3S/c12-11(13,14)19(17,18)7-3-1-6(2-4-7)8-5-9(8)10(15)16/h1-4,8-9H,5H2,(H2,15,16). The first-order valence-corrected chi connectivity index (χ1v) is 6.83. The fourth-order valence-corrected chi connectivity index (χ4v) is 2.67. The van der Waals surface area contributed by atoms with Crippen molar-refractivity contribution in [2.45, 2.75) is 22.7 Å². The lowest BCUT2D eigenvalue weighted by molar-refractivity contribution is -0.119. The highest BCUT2D eigenvalue weighted by molar-refractivity contribution is 7.92. The Bertz CT molecular complexity index is 607. The van der Waals surface area contributed by atoms with Gasteiger partial charge in [0.25, 0.3) is 9.84 Å². The van der Waals surface area contributed by atoms with Gasteiger partial charge in [-0.25, -0.2) is 8.42 Å². The first-order valence-electron chi connectivity index (χ1n) is 5.35. The number of halogens is 3. The molecule has 104 valence electrons. The molecular formula is C11H10F3NO3S. The van der Waals surface area contributed by atoms with Gasteiger partial charge >= 0.3 is 5.51 Å². The number of hydrogen-bond donors (Lipinski definition) is 1. The number of carbonyl (C=O) groups is 1. The van der Waals surface area contributed by atoms with Gasteiger partial charge in [0, 0.05) is 5.92 Å². The average Bonchev–Trinajstić information content (AvgIpc) is 3.07. The number of primary amides is 1. The van der Waals surface area contributed by atoms with Crippen LogP contribution in [0.2, 0.25) is 0 Å². The molecule has 0 aromatic heterocycles. The van der Waals surface area contributed by atoms with Crippen molar-refractivity contribution in [3.63, 3.8) is 0 Å². The van der Waals surface area contributed by atoms with Gasteiger partial charge in [-0.2, -0.15) is 13.2 Å². The molecule has 1 aromatic carbocycles. The van der Waals surface area contributed by atoms with Crippen molar-refractivity contribution >= 4 is 15.7 Å². The Morgan fingerprint density at radius 2 is 1.74 bits per heavy atom. The third-order valence-corrected chi connectivity index (χ3v) is 4.58. The highest BCUT2D eigenvalue weighted by Crippen LogP contribution is 2.47. The van der Waals surface area contributed by atoms with E-state index < -0.39 is 26.1 Å². The van der Waals surface area contributed by atoms with Crippen LogP contribution in [0.4, 0.5) is 13.2 Å². The predicted octanol–water partition coefficient (Wildman–Crippen LogP) is 1.57. The predicted molar refractivity (Wildman–Crippen MR) is 59.7 cm³/mol. The highest BCUT2D eigenvalue weighted by Gasteiger charge is 2.47. The van der Waals surface area contributed by atoms with Crippen molar-refractivity contribution in [3.8, 4) is 0 Å². The summed E-state index contributed by atoms with van der Waals surface area (Å²) >= 11 is 0. The summed E-state index contributed by atoms with van der Waals surface area (Å²) in [5.41, 5.74) is 0.398. The molecule has 1 amide bonds. The van der Waals surface area contributed by atoms with E-state index in [0.717, 1.165) is 12.1 Å². The molecule has 0 radical (unpaired) electrons. The van der Waals surface area contributed by atoms with Gasteiger partial charge < -0.3 is 5.73 Å². The zero-order valence-electron chi connectivity index (χ0n) is 9.52. The van der Waals surface area contributed by atoms with Crippen LogP contribution in [0, 0.1) is 5.92 Å². The van der Waals surface area contributed by atoms with Crippen molar-refractivity contribution in [2.75, 3.05) is 0 Å². The number of alkyl halides is 3. The molecule has 1 fully saturated rings. The second-order valence-corrected chi connectivity index (χ2v) is 6.31. The van der Waals surface area contributed by atoms with E-state index in [1.165, 1.54) is 12.1 Å². The van der Waals surface area contributed by atoms with Gasteiger partial charge in [0.15, 0.2) is 0 Å². The quantitative estimate of drug-likeness (QED) is 0.919. The molecule has 1 aliphatic rings. The zero-order valence-corrected chi connectivity index (χ0v) is 10.3. The SMILES string of the molecule is NC(=O)C1CC1c1ccc(S(=O)(=O)C(F)(F)F)cc1. The van der Waals surface area contributed by atoms with Crippen LogP contribution in [0.1, 0.15) is 17.9 Å². The summed E-state index contributed by atoms with van der Waals surface area (Å²) in [5.74, 6) is -0.901. The van der Waals surface area contributed by atoms with Crippen LogP contribution in [0.15, 0.2) is 29.2 Å². The van der Waals surface area contributed by atoms with Crippen LogP contribution in [0.3, 0.4) is 0 Å². The maximum atomic E-state index is 12.3. The van der Waals surface area contributed by atoms with E-state index in [4.69, 9.17) is 5.73 Å². The van der Waals surface area contributed by atoms with Gasteiger partial charge in [-0.05, 0) is 30.0 Å². The molecule has 1 saturated carbocycles. The summed E-state index contributed by atoms with van der Waals surface area (Å²) in [6.07, 6.45) is 0.542. The van der Waals surface area contributed by atoms with Gasteiger partial charge in [0.2, 0.25) is 5.91 Å². The van der Waals surface area contributed by atoms with Crippen LogP contribution in [0.5, 0.6) is 0 Å². The first-order chi connectivity index (χ1) is 8.64. The van der Waals surface area contributed by atoms with Crippen LogP contribution < -0.4 is 5.73 Å². The Labute approximate surface area is 107 Å². The fraction of sp³-hybridized carbons (Fsp3) is 0.364. The molecule has 19 heavy (non-hydrogen) atoms. The van der Waals surface area contributed by atoms with Crippen molar-refractivity contribution in [1.82, 2.24) is 0 Å². The minimum atomic E-state index is -5.32. The number of rotatable bonds is 3. The molecule has 2 N–H and O–H groups in total. The molecule has 8 heteroatoms. The Morgan fingerprint density at radius 1 is 1.21 bits per heavy atom. The minimum Gasteiger partial charge on any atom is -0.369 e. The lowest BCUT2D eigenvalue weighted by Gasteiger charge is -2.08. The molecule has 2 atom stereocenters. The Balaban J connectivity index is 2.24. The molecule has 2 unspecified atom stereocenters. The molecule has 4 nitrogen and oxygen atoms in total. The average molecular weight is 293 g/mol. The molecule has 0 heterocycles. The smallest absolute Gasteiger partial charge is 0.369 e. The van der Waals surface area contributed by atoms with Crippen molar-refractivity contribution in [1.29, 1.82) is 0 Å². The Morgan fingerprint density at radius 3 is 2.11 bits per heavy atom. The molecule has 0 bridgehead atoms. The number of sulfone groups is 1. The lowest BCUT2D eigenvalue weighted by atomic mass is 10.1. The first kappa shape index (κ1) is 13.9. The zero-order chi connectivity index (χ0) is 14.4. The molecule has 0 aliphatic heterocycles. The highest BCUT2D eigenvalue weighted by atomic mass is 32.2. The molecule has 0 saturated heterocycles. The maximum Gasteiger partial charge on any atom is 0.501 e. The number of benzene rings is 1. The maximum absolute atomic E-state index is 12.3. The minimum absolute atomic E-state index is 0.125. The molecular weight excluding hydrogens is 283 g/mol. The largest absolute Gasteiger partial charge is 0.501 e. The van der Waals surface area contributed by atoms with E-state index in [-0.39, 0.29) is 11.8 Å². The van der Waals surface area contributed by atoms with Gasteiger partial charge in [-0.3, -0.25) is 4.79 Å². The molecule has 2 rings (SSSR count). The fourth-order valence-electron chi connectivity index (χ4n) is 1.91. The van der Waals surface area contributed by atoms with E-state index in [0.29, 0.717) is 12.0 Å². The van der Waals surface area contributed by atoms with E-state index in [1.807, 2.05) is 0 Å². The van der Waals surface area contributed by atoms with Crippen LogP contribution in [-0.2, 0) is 14.6 Å². The lowest BCUT2D eigenvalue weighted by Crippen LogP contribution is -2.23. The van der Waals surface area contributed by atoms with Gasteiger partial charge in [-0.1, -0.05) is 12.1 Å². The second-order valence-electron chi connectivity index (χ2n) is 4.37. The topological polar surface area (TPSA) is 77.2 Å². The molecule has 0 spiro atoms. The van der Waals surface area contributed by atoms with Crippen molar-refractivity contribution in [3.05, 3.63) is 29.8 Å². The summed E-state index contributed by atoms with van der Waals surface area (Å²) in [6.45, 7) is 0. The third kappa shape index (κ3) is 2.44. The number of nitrogens with two attached hydrogens (primary N) is 1. The van der Waals surface area contributed by atoms with Crippen LogP contribution in [-0.4, -0.2) is 19.8 Å². The number of amides is 1. The second kappa shape index (κ2) is 4.22. The Hall–Kier alpha value is -1.57. The third-order valence-electron chi connectivity index (χ3n) is 3.08. The van der Waals surface area contributed by atoms with Gasteiger partial charge in [-0.15, -0.1) is 0 Å². The van der Waals surface area contributed by atoms with E-state index in [9.17, 15) is 26.4 Å². The van der Waals surface area contributed by atoms with Crippen molar-refractivity contribution < 1.29 is 26.4 Å². The van der Waals surface area contributed by atoms with Crippen molar-refractivity contribution in [2.24, 2.45) is 11.7 Å². The van der Waals surface area contributed by atoms with E-state index in [1.54, 1.807) is 0 Å². The van der Waals surface area contributed by atoms with E-state index >= 15 is 0 Å². The van der Waals surface area contributed by atoms with Crippen LogP contribution >= 0.6 is 0 Å². The number of carbonyl (C=O) groups excluding carboxylic acids is 1. The normalized spacial score (nSPS) is 23.1.